The highest BCUT2D eigenvalue weighted by atomic mass is 16.5. The third kappa shape index (κ3) is 2.50. The van der Waals surface area contributed by atoms with E-state index >= 15 is 0 Å². The van der Waals surface area contributed by atoms with Crippen molar-refractivity contribution in [2.24, 2.45) is 0 Å². The smallest absolute Gasteiger partial charge is 0.160 e. The van der Waals surface area contributed by atoms with Crippen LogP contribution < -0.4 is 4.74 Å². The number of aromatic hydroxyl groups is 1. The van der Waals surface area contributed by atoms with Gasteiger partial charge in [0.2, 0.25) is 0 Å². The molecule has 2 heterocycles. The summed E-state index contributed by atoms with van der Waals surface area (Å²) >= 11 is 0. The molecule has 0 aromatic heterocycles. The van der Waals surface area contributed by atoms with Crippen LogP contribution in [0.15, 0.2) is 18.2 Å². The van der Waals surface area contributed by atoms with E-state index in [9.17, 15) is 10.2 Å². The van der Waals surface area contributed by atoms with Crippen LogP contribution in [0.25, 0.3) is 0 Å². The maximum atomic E-state index is 10.1. The van der Waals surface area contributed by atoms with E-state index in [0.29, 0.717) is 11.8 Å². The fourth-order valence-electron chi connectivity index (χ4n) is 3.73. The van der Waals surface area contributed by atoms with Crippen molar-refractivity contribution < 1.29 is 14.9 Å². The molecule has 0 radical (unpaired) electrons. The quantitative estimate of drug-likeness (QED) is 0.872. The molecule has 20 heavy (non-hydrogen) atoms. The van der Waals surface area contributed by atoms with E-state index in [2.05, 4.69) is 4.90 Å². The first kappa shape index (κ1) is 13.7. The third-order valence-corrected chi connectivity index (χ3v) is 4.70. The van der Waals surface area contributed by atoms with Crippen molar-refractivity contribution in [2.45, 2.75) is 50.3 Å². The van der Waals surface area contributed by atoms with Crippen LogP contribution in [0.5, 0.6) is 11.5 Å². The monoisotopic (exact) mass is 277 g/mol. The van der Waals surface area contributed by atoms with Crippen LogP contribution in [0.3, 0.4) is 0 Å². The lowest BCUT2D eigenvalue weighted by Crippen LogP contribution is -2.48. The van der Waals surface area contributed by atoms with E-state index in [-0.39, 0.29) is 17.9 Å². The second-order valence-corrected chi connectivity index (χ2v) is 5.96. The lowest BCUT2D eigenvalue weighted by molar-refractivity contribution is -0.0180. The number of piperidine rings is 2. The number of methoxy groups -OCH3 is 1. The zero-order valence-electron chi connectivity index (χ0n) is 12.0. The first-order chi connectivity index (χ1) is 9.69. The summed E-state index contributed by atoms with van der Waals surface area (Å²) in [5.74, 6) is 0.680. The van der Waals surface area contributed by atoms with Gasteiger partial charge in [0.05, 0.1) is 13.2 Å². The van der Waals surface area contributed by atoms with Crippen molar-refractivity contribution >= 4 is 0 Å². The van der Waals surface area contributed by atoms with E-state index in [1.54, 1.807) is 13.2 Å². The third-order valence-electron chi connectivity index (χ3n) is 4.70. The molecule has 0 aliphatic carbocycles. The number of hydrogen-bond donors (Lipinski definition) is 2. The summed E-state index contributed by atoms with van der Waals surface area (Å²) in [4.78, 5) is 2.51. The molecule has 0 amide bonds. The van der Waals surface area contributed by atoms with Gasteiger partial charge in [0.1, 0.15) is 0 Å². The minimum atomic E-state index is -0.233. The zero-order valence-corrected chi connectivity index (χ0v) is 12.0. The van der Waals surface area contributed by atoms with E-state index in [1.165, 1.54) is 19.3 Å². The van der Waals surface area contributed by atoms with Crippen LogP contribution in [0.4, 0.5) is 0 Å². The van der Waals surface area contributed by atoms with Gasteiger partial charge in [-0.3, -0.25) is 4.90 Å². The minimum Gasteiger partial charge on any atom is -0.504 e. The van der Waals surface area contributed by atoms with Gasteiger partial charge in [0.15, 0.2) is 11.5 Å². The molecule has 0 unspecified atom stereocenters. The summed E-state index contributed by atoms with van der Waals surface area (Å²) in [6, 6.07) is 6.30. The van der Waals surface area contributed by atoms with Gasteiger partial charge in [-0.15, -0.1) is 0 Å². The molecule has 2 saturated heterocycles. The Kier molecular flexibility index (Phi) is 3.85. The number of hydrogen-bond acceptors (Lipinski definition) is 4. The lowest BCUT2D eigenvalue weighted by atomic mass is 9.84. The Hall–Kier alpha value is -1.26. The van der Waals surface area contributed by atoms with Crippen LogP contribution in [-0.2, 0) is 0 Å². The molecule has 2 aliphatic heterocycles. The summed E-state index contributed by atoms with van der Waals surface area (Å²) in [5.41, 5.74) is 1.08. The number of benzene rings is 1. The Bertz CT molecular complexity index is 477. The molecule has 0 bridgehead atoms. The van der Waals surface area contributed by atoms with Gasteiger partial charge in [0, 0.05) is 12.1 Å². The molecule has 3 atom stereocenters. The number of rotatable bonds is 2. The van der Waals surface area contributed by atoms with Crippen molar-refractivity contribution in [3.63, 3.8) is 0 Å². The average molecular weight is 277 g/mol. The number of phenols is 1. The summed E-state index contributed by atoms with van der Waals surface area (Å²) in [7, 11) is 1.56. The number of aliphatic hydroxyl groups is 1. The Morgan fingerprint density at radius 3 is 2.85 bits per heavy atom. The average Bonchev–Trinajstić information content (AvgIpc) is 2.46. The van der Waals surface area contributed by atoms with Gasteiger partial charge < -0.3 is 14.9 Å². The fraction of sp³-hybridized carbons (Fsp3) is 0.625. The van der Waals surface area contributed by atoms with E-state index in [1.807, 2.05) is 12.1 Å². The molecule has 4 nitrogen and oxygen atoms in total. The van der Waals surface area contributed by atoms with Gasteiger partial charge in [-0.1, -0.05) is 12.5 Å². The molecule has 0 saturated carbocycles. The molecule has 0 spiro atoms. The van der Waals surface area contributed by atoms with Crippen LogP contribution >= 0.6 is 0 Å². The number of phenolic OH excluding ortho intramolecular Hbond substituents is 1. The van der Waals surface area contributed by atoms with Crippen LogP contribution in [-0.4, -0.2) is 40.9 Å². The summed E-state index contributed by atoms with van der Waals surface area (Å²) in [6.45, 7) is 1.09. The van der Waals surface area contributed by atoms with Crippen LogP contribution in [0.2, 0.25) is 0 Å². The molecule has 2 N–H and O–H groups in total. The maximum Gasteiger partial charge on any atom is 0.160 e. The van der Waals surface area contributed by atoms with Crippen molar-refractivity contribution in [3.05, 3.63) is 23.8 Å². The molecular weight excluding hydrogens is 254 g/mol. The normalized spacial score (nSPS) is 30.8. The first-order valence-corrected chi connectivity index (χ1v) is 7.49. The topological polar surface area (TPSA) is 52.9 Å². The predicted molar refractivity (Wildman–Crippen MR) is 77.0 cm³/mol. The fourth-order valence-corrected chi connectivity index (χ4v) is 3.73. The molecule has 4 heteroatoms. The SMILES string of the molecule is COc1ccc([C@H]2C[C@H](O)C[C@H]3CCCCN32)cc1O. The van der Waals surface area contributed by atoms with Gasteiger partial charge in [-0.25, -0.2) is 0 Å². The van der Waals surface area contributed by atoms with Gasteiger partial charge >= 0.3 is 0 Å². The van der Waals surface area contributed by atoms with E-state index in [0.717, 1.165) is 24.9 Å². The zero-order chi connectivity index (χ0) is 14.1. The highest BCUT2D eigenvalue weighted by molar-refractivity contribution is 5.42. The summed E-state index contributed by atoms with van der Waals surface area (Å²) < 4.78 is 5.10. The van der Waals surface area contributed by atoms with E-state index in [4.69, 9.17) is 4.74 Å². The number of aliphatic hydroxyl groups excluding tert-OH is 1. The first-order valence-electron chi connectivity index (χ1n) is 7.49. The Morgan fingerprint density at radius 2 is 2.10 bits per heavy atom. The molecule has 3 rings (SSSR count). The number of nitrogens with zero attached hydrogens (tertiary/aromatic N) is 1. The largest absolute Gasteiger partial charge is 0.504 e. The van der Waals surface area contributed by atoms with E-state index < -0.39 is 0 Å². The molecule has 1 aromatic carbocycles. The molecule has 2 aliphatic rings. The highest BCUT2D eigenvalue weighted by Crippen LogP contribution is 2.40. The second-order valence-electron chi connectivity index (χ2n) is 5.96. The Morgan fingerprint density at radius 1 is 1.25 bits per heavy atom. The standard InChI is InChI=1S/C16H23NO3/c1-20-16-6-5-11(8-15(16)19)14-10-13(18)9-12-4-2-3-7-17(12)14/h5-6,8,12-14,18-19H,2-4,7,9-10H2,1H3/t12-,13-,14-/m1/s1. The Balaban J connectivity index is 1.88. The highest BCUT2D eigenvalue weighted by Gasteiger charge is 2.37. The summed E-state index contributed by atoms with van der Waals surface area (Å²) in [6.07, 6.45) is 5.07. The molecule has 2 fully saturated rings. The minimum absolute atomic E-state index is 0.179. The lowest BCUT2D eigenvalue weighted by Gasteiger charge is -2.47. The van der Waals surface area contributed by atoms with Crippen molar-refractivity contribution in [2.75, 3.05) is 13.7 Å². The second kappa shape index (κ2) is 5.62. The number of fused-ring (bicyclic) bond motifs is 1. The summed E-state index contributed by atoms with van der Waals surface area (Å²) in [5, 5.41) is 20.1. The predicted octanol–water partition coefficient (Wildman–Crippen LogP) is 2.45. The van der Waals surface area contributed by atoms with Gasteiger partial charge in [-0.05, 0) is 49.9 Å². The molecule has 1 aromatic rings. The van der Waals surface area contributed by atoms with Crippen molar-refractivity contribution in [1.29, 1.82) is 0 Å². The van der Waals surface area contributed by atoms with Crippen LogP contribution in [0, 0.1) is 0 Å². The number of ether oxygens (including phenoxy) is 1. The maximum absolute atomic E-state index is 10.1. The van der Waals surface area contributed by atoms with Crippen molar-refractivity contribution in [1.82, 2.24) is 4.90 Å². The van der Waals surface area contributed by atoms with Crippen molar-refractivity contribution in [3.8, 4) is 11.5 Å². The molecule has 110 valence electrons. The van der Waals surface area contributed by atoms with Gasteiger partial charge in [0.25, 0.3) is 0 Å². The Labute approximate surface area is 120 Å². The molecular formula is C16H23NO3. The van der Waals surface area contributed by atoms with Crippen LogP contribution in [0.1, 0.15) is 43.7 Å². The van der Waals surface area contributed by atoms with Gasteiger partial charge in [-0.2, -0.15) is 0 Å².